The number of halogens is 3. The molecule has 0 spiro atoms. The minimum absolute atomic E-state index is 0.0721. The van der Waals surface area contributed by atoms with E-state index in [0.717, 1.165) is 34.3 Å². The molecule has 0 bridgehead atoms. The number of carboxylic acids is 1. The van der Waals surface area contributed by atoms with Crippen LogP contribution in [0.1, 0.15) is 37.9 Å². The van der Waals surface area contributed by atoms with Crippen LogP contribution in [-0.4, -0.2) is 29.5 Å². The Hall–Kier alpha value is -4.25. The number of aryl methyl sites for hydroxylation is 1. The van der Waals surface area contributed by atoms with Crippen LogP contribution in [0, 0.1) is 6.92 Å². The molecule has 196 valence electrons. The van der Waals surface area contributed by atoms with Crippen molar-refractivity contribution in [1.29, 1.82) is 0 Å². The van der Waals surface area contributed by atoms with Gasteiger partial charge in [-0.2, -0.15) is 13.2 Å². The molecule has 0 radical (unpaired) electrons. The van der Waals surface area contributed by atoms with Crippen LogP contribution in [0.15, 0.2) is 85.8 Å². The fraction of sp³-hybridized carbons (Fsp3) is 0.148. The number of sulfonamides is 1. The van der Waals surface area contributed by atoms with Gasteiger partial charge in [0.1, 0.15) is 10.8 Å². The van der Waals surface area contributed by atoms with Crippen LogP contribution in [0.4, 0.5) is 18.9 Å². The molecule has 2 aromatic heterocycles. The summed E-state index contributed by atoms with van der Waals surface area (Å²) in [7, 11) is -4.44. The molecule has 4 aromatic rings. The molecule has 1 N–H and O–H groups in total. The Morgan fingerprint density at radius 2 is 1.84 bits per heavy atom. The smallest absolute Gasteiger partial charge is 0.416 e. The number of aromatic carboxylic acids is 1. The fourth-order valence-electron chi connectivity index (χ4n) is 4.06. The molecule has 0 aliphatic rings. The van der Waals surface area contributed by atoms with E-state index >= 15 is 0 Å². The number of alkyl halides is 3. The number of hydrogen-bond acceptors (Lipinski definition) is 5. The molecular weight excluding hydrogens is 519 g/mol. The molecule has 11 heteroatoms. The lowest BCUT2D eigenvalue weighted by molar-refractivity contribution is -0.137. The first-order valence-corrected chi connectivity index (χ1v) is 12.8. The maximum atomic E-state index is 14.2. The fourth-order valence-corrected chi connectivity index (χ4v) is 5.86. The van der Waals surface area contributed by atoms with Crippen molar-refractivity contribution < 1.29 is 31.5 Å². The highest BCUT2D eigenvalue weighted by molar-refractivity contribution is 7.93. The molecular formula is C27H22F3N3O4S. The van der Waals surface area contributed by atoms with Crippen molar-refractivity contribution in [3.63, 3.8) is 0 Å². The molecule has 0 aliphatic heterocycles. The first kappa shape index (κ1) is 26.8. The van der Waals surface area contributed by atoms with E-state index in [2.05, 4.69) is 16.5 Å². The summed E-state index contributed by atoms with van der Waals surface area (Å²) >= 11 is 0. The zero-order valence-electron chi connectivity index (χ0n) is 20.1. The van der Waals surface area contributed by atoms with Crippen molar-refractivity contribution in [2.75, 3.05) is 4.31 Å². The minimum atomic E-state index is -4.68. The van der Waals surface area contributed by atoms with E-state index in [9.17, 15) is 31.5 Å². The predicted molar refractivity (Wildman–Crippen MR) is 137 cm³/mol. The van der Waals surface area contributed by atoms with Gasteiger partial charge in [-0.1, -0.05) is 48.0 Å². The molecule has 0 aliphatic carbocycles. The van der Waals surface area contributed by atoms with Crippen molar-refractivity contribution in [1.82, 2.24) is 9.97 Å². The Morgan fingerprint density at radius 1 is 1.13 bits per heavy atom. The maximum absolute atomic E-state index is 14.2. The molecule has 2 aromatic carbocycles. The van der Waals surface area contributed by atoms with Crippen LogP contribution in [-0.2, 0) is 22.7 Å². The first-order chi connectivity index (χ1) is 17.9. The second-order valence-electron chi connectivity index (χ2n) is 8.54. The van der Waals surface area contributed by atoms with Crippen LogP contribution in [0.25, 0.3) is 10.9 Å². The molecule has 4 rings (SSSR count). The Balaban J connectivity index is 2.02. The first-order valence-electron chi connectivity index (χ1n) is 11.3. The van der Waals surface area contributed by atoms with Gasteiger partial charge in [-0.05, 0) is 36.2 Å². The molecule has 1 atom stereocenters. The number of fused-ring (bicyclic) bond motifs is 1. The van der Waals surface area contributed by atoms with E-state index in [0.29, 0.717) is 11.1 Å². The quantitative estimate of drug-likeness (QED) is 0.278. The summed E-state index contributed by atoms with van der Waals surface area (Å²) < 4.78 is 69.5. The summed E-state index contributed by atoms with van der Waals surface area (Å²) in [6.45, 7) is 5.20. The van der Waals surface area contributed by atoms with Gasteiger partial charge in [-0.25, -0.2) is 13.2 Å². The number of rotatable bonds is 8. The third-order valence-electron chi connectivity index (χ3n) is 5.94. The zero-order chi connectivity index (χ0) is 27.7. The third kappa shape index (κ3) is 5.23. The largest absolute Gasteiger partial charge is 0.478 e. The molecule has 0 saturated heterocycles. The van der Waals surface area contributed by atoms with Crippen molar-refractivity contribution in [2.24, 2.45) is 0 Å². The Bertz CT molecular complexity index is 1610. The van der Waals surface area contributed by atoms with Crippen molar-refractivity contribution >= 4 is 32.6 Å². The Labute approximate surface area is 217 Å². The number of nitrogens with zero attached hydrogens (tertiary/aromatic N) is 3. The monoisotopic (exact) mass is 541 g/mol. The van der Waals surface area contributed by atoms with E-state index in [1.54, 1.807) is 36.4 Å². The SMILES string of the molecule is C=CC(c1ccc(C)cc1)S(=O)(=O)N(Cc1cccnc1)c1c(C(=O)O)cnc2cc(C(F)(F)F)ccc12. The number of carboxylic acid groups (broad SMARTS) is 1. The van der Waals surface area contributed by atoms with Gasteiger partial charge in [-0.3, -0.25) is 14.3 Å². The number of hydrogen-bond donors (Lipinski definition) is 1. The number of pyridine rings is 2. The molecule has 0 fully saturated rings. The third-order valence-corrected chi connectivity index (χ3v) is 7.98. The highest BCUT2D eigenvalue weighted by Gasteiger charge is 2.36. The van der Waals surface area contributed by atoms with Crippen LogP contribution in [0.2, 0.25) is 0 Å². The molecule has 7 nitrogen and oxygen atoms in total. The van der Waals surface area contributed by atoms with Crippen LogP contribution >= 0.6 is 0 Å². The van der Waals surface area contributed by atoms with Gasteiger partial charge in [0.25, 0.3) is 0 Å². The molecule has 0 amide bonds. The van der Waals surface area contributed by atoms with Gasteiger partial charge < -0.3 is 5.11 Å². The summed E-state index contributed by atoms with van der Waals surface area (Å²) in [6.07, 6.45) is 0.318. The van der Waals surface area contributed by atoms with Gasteiger partial charge in [0.15, 0.2) is 0 Å². The highest BCUT2D eigenvalue weighted by Crippen LogP contribution is 2.39. The maximum Gasteiger partial charge on any atom is 0.416 e. The summed E-state index contributed by atoms with van der Waals surface area (Å²) in [6, 6.07) is 12.5. The molecule has 0 saturated carbocycles. The zero-order valence-corrected chi connectivity index (χ0v) is 20.9. The standard InChI is InChI=1S/C27H22F3N3O4S/c1-3-24(19-8-6-17(2)7-9-19)38(36,37)33(16-18-5-4-12-31-14-18)25-21-11-10-20(27(28,29)30)13-23(21)32-15-22(25)26(34)35/h3-15,24H,1,16H2,2H3,(H,34,35). The van der Waals surface area contributed by atoms with Gasteiger partial charge in [0.2, 0.25) is 10.0 Å². The van der Waals surface area contributed by atoms with Gasteiger partial charge in [0.05, 0.1) is 23.3 Å². The van der Waals surface area contributed by atoms with Gasteiger partial charge in [0, 0.05) is 24.0 Å². The van der Waals surface area contributed by atoms with E-state index in [1.165, 1.54) is 18.5 Å². The van der Waals surface area contributed by atoms with Crippen molar-refractivity contribution in [2.45, 2.75) is 24.9 Å². The summed E-state index contributed by atoms with van der Waals surface area (Å²) in [5.41, 5.74) is -0.300. The second kappa shape index (κ2) is 10.3. The van der Waals surface area contributed by atoms with Crippen LogP contribution in [0.5, 0.6) is 0 Å². The van der Waals surface area contributed by atoms with E-state index < -0.39 is 38.5 Å². The lowest BCUT2D eigenvalue weighted by Crippen LogP contribution is -2.35. The van der Waals surface area contributed by atoms with E-state index in [4.69, 9.17) is 0 Å². The summed E-state index contributed by atoms with van der Waals surface area (Å²) in [5, 5.41) is 8.59. The van der Waals surface area contributed by atoms with E-state index in [-0.39, 0.29) is 23.1 Å². The number of anilines is 1. The average Bonchev–Trinajstić information content (AvgIpc) is 2.87. The predicted octanol–water partition coefficient (Wildman–Crippen LogP) is 5.92. The lowest BCUT2D eigenvalue weighted by atomic mass is 10.1. The highest BCUT2D eigenvalue weighted by atomic mass is 32.2. The minimum Gasteiger partial charge on any atom is -0.478 e. The van der Waals surface area contributed by atoms with Crippen molar-refractivity contribution in [3.05, 3.63) is 114 Å². The molecule has 1 unspecified atom stereocenters. The molecule has 38 heavy (non-hydrogen) atoms. The average molecular weight is 542 g/mol. The number of benzene rings is 2. The second-order valence-corrected chi connectivity index (χ2v) is 10.5. The Morgan fingerprint density at radius 3 is 2.42 bits per heavy atom. The normalized spacial score (nSPS) is 12.7. The summed E-state index contributed by atoms with van der Waals surface area (Å²) in [5.74, 6) is -1.49. The number of carbonyl (C=O) groups is 1. The van der Waals surface area contributed by atoms with Gasteiger partial charge in [-0.15, -0.1) is 6.58 Å². The van der Waals surface area contributed by atoms with Crippen LogP contribution in [0.3, 0.4) is 0 Å². The number of aromatic nitrogens is 2. The lowest BCUT2D eigenvalue weighted by Gasteiger charge is -2.30. The van der Waals surface area contributed by atoms with Crippen LogP contribution < -0.4 is 4.31 Å². The van der Waals surface area contributed by atoms with Gasteiger partial charge >= 0.3 is 12.1 Å². The van der Waals surface area contributed by atoms with E-state index in [1.807, 2.05) is 6.92 Å². The topological polar surface area (TPSA) is 100 Å². The Kier molecular flexibility index (Phi) is 7.23. The molecule has 2 heterocycles. The van der Waals surface area contributed by atoms with Crippen molar-refractivity contribution in [3.8, 4) is 0 Å². The summed E-state index contributed by atoms with van der Waals surface area (Å²) in [4.78, 5) is 20.2.